The molecule has 0 radical (unpaired) electrons. The zero-order valence-electron chi connectivity index (χ0n) is 11.9. The van der Waals surface area contributed by atoms with E-state index in [0.717, 1.165) is 38.3 Å². The molecule has 1 fully saturated rings. The van der Waals surface area contributed by atoms with Crippen molar-refractivity contribution in [2.24, 2.45) is 12.5 Å². The number of hydrogen-bond acceptors (Lipinski definition) is 4. The molecule has 1 aromatic heterocycles. The summed E-state index contributed by atoms with van der Waals surface area (Å²) in [7, 11) is 1.90. The van der Waals surface area contributed by atoms with Crippen molar-refractivity contribution in [3.05, 3.63) is 11.9 Å². The monoisotopic (exact) mass is 252 g/mol. The molecule has 18 heavy (non-hydrogen) atoms. The fourth-order valence-corrected chi connectivity index (χ4v) is 2.30. The second kappa shape index (κ2) is 4.97. The molecular formula is C13H24N4O. The van der Waals surface area contributed by atoms with Gasteiger partial charge in [0.15, 0.2) is 0 Å². The topological polar surface area (TPSA) is 52.0 Å². The van der Waals surface area contributed by atoms with E-state index in [1.807, 2.05) is 13.2 Å². The summed E-state index contributed by atoms with van der Waals surface area (Å²) in [6.07, 6.45) is 4.02. The Morgan fingerprint density at radius 1 is 1.50 bits per heavy atom. The maximum atomic E-state index is 5.61. The number of hydrogen-bond donors (Lipinski definition) is 1. The quantitative estimate of drug-likeness (QED) is 0.873. The first kappa shape index (κ1) is 13.5. The lowest BCUT2D eigenvalue weighted by molar-refractivity contribution is 0.143. The number of rotatable bonds is 4. The van der Waals surface area contributed by atoms with Crippen LogP contribution in [0, 0.1) is 5.41 Å². The predicted molar refractivity (Wildman–Crippen MR) is 70.3 cm³/mol. The van der Waals surface area contributed by atoms with E-state index >= 15 is 0 Å². The predicted octanol–water partition coefficient (Wildman–Crippen LogP) is 1.15. The van der Waals surface area contributed by atoms with Gasteiger partial charge in [0.05, 0.1) is 12.3 Å². The highest BCUT2D eigenvalue weighted by Gasteiger charge is 2.36. The van der Waals surface area contributed by atoms with Crippen LogP contribution in [-0.4, -0.2) is 40.3 Å². The first-order valence-corrected chi connectivity index (χ1v) is 6.57. The number of ether oxygens (including phenoxy) is 1. The summed E-state index contributed by atoms with van der Waals surface area (Å²) in [5, 5.41) is 11.8. The van der Waals surface area contributed by atoms with E-state index in [1.165, 1.54) is 0 Å². The maximum Gasteiger partial charge on any atom is 0.0833 e. The Balaban J connectivity index is 2.02. The molecule has 0 aliphatic carbocycles. The molecule has 0 amide bonds. The first-order chi connectivity index (χ1) is 8.39. The first-order valence-electron chi connectivity index (χ1n) is 6.57. The Bertz CT molecular complexity index is 388. The Kier molecular flexibility index (Phi) is 3.73. The summed E-state index contributed by atoms with van der Waals surface area (Å²) < 4.78 is 7.37. The summed E-state index contributed by atoms with van der Waals surface area (Å²) in [5.74, 6) is 0. The summed E-state index contributed by atoms with van der Waals surface area (Å²) in [5.41, 5.74) is 1.36. The lowest BCUT2D eigenvalue weighted by atomic mass is 9.82. The number of aromatic nitrogens is 3. The van der Waals surface area contributed by atoms with E-state index in [0.29, 0.717) is 0 Å². The Labute approximate surface area is 109 Å². The van der Waals surface area contributed by atoms with Gasteiger partial charge >= 0.3 is 0 Å². The third-order valence-electron chi connectivity index (χ3n) is 3.38. The molecule has 0 aromatic carbocycles. The maximum absolute atomic E-state index is 5.61. The van der Waals surface area contributed by atoms with Crippen LogP contribution < -0.4 is 5.32 Å². The van der Waals surface area contributed by atoms with Crippen molar-refractivity contribution in [1.82, 2.24) is 20.3 Å². The molecule has 2 rings (SSSR count). The Morgan fingerprint density at radius 2 is 2.28 bits per heavy atom. The molecular weight excluding hydrogens is 228 g/mol. The minimum absolute atomic E-state index is 0.137. The summed E-state index contributed by atoms with van der Waals surface area (Å²) in [6, 6.07) is 0. The van der Waals surface area contributed by atoms with E-state index < -0.39 is 0 Å². The van der Waals surface area contributed by atoms with Crippen LogP contribution in [0.2, 0.25) is 0 Å². The van der Waals surface area contributed by atoms with Crippen LogP contribution in [0.15, 0.2) is 6.20 Å². The molecule has 5 nitrogen and oxygen atoms in total. The minimum Gasteiger partial charge on any atom is -0.381 e. The van der Waals surface area contributed by atoms with Gasteiger partial charge in [-0.05, 0) is 27.2 Å². The van der Waals surface area contributed by atoms with E-state index in [2.05, 4.69) is 36.4 Å². The molecule has 1 atom stereocenters. The standard InChI is InChI=1S/C13H24N4O/c1-12(2,3)14-9-13(5-6-18-10-13)7-11-8-17(4)16-15-11/h8,14H,5-7,9-10H2,1-4H3. The molecule has 0 bridgehead atoms. The van der Waals surface area contributed by atoms with Crippen LogP contribution in [0.1, 0.15) is 32.9 Å². The van der Waals surface area contributed by atoms with Crippen LogP contribution in [0.3, 0.4) is 0 Å². The van der Waals surface area contributed by atoms with Gasteiger partial charge in [0.2, 0.25) is 0 Å². The zero-order valence-corrected chi connectivity index (χ0v) is 11.9. The smallest absolute Gasteiger partial charge is 0.0833 e. The third-order valence-corrected chi connectivity index (χ3v) is 3.38. The lowest BCUT2D eigenvalue weighted by Gasteiger charge is -2.31. The molecule has 1 saturated heterocycles. The van der Waals surface area contributed by atoms with Crippen LogP contribution >= 0.6 is 0 Å². The highest BCUT2D eigenvalue weighted by atomic mass is 16.5. The van der Waals surface area contributed by atoms with Gasteiger partial charge in [0.1, 0.15) is 0 Å². The van der Waals surface area contributed by atoms with Crippen LogP contribution in [-0.2, 0) is 18.2 Å². The minimum atomic E-state index is 0.137. The van der Waals surface area contributed by atoms with Crippen molar-refractivity contribution < 1.29 is 4.74 Å². The third kappa shape index (κ3) is 3.53. The summed E-state index contributed by atoms with van der Waals surface area (Å²) >= 11 is 0. The van der Waals surface area contributed by atoms with Gasteiger partial charge in [-0.2, -0.15) is 0 Å². The molecule has 1 unspecified atom stereocenters. The van der Waals surface area contributed by atoms with Gasteiger partial charge in [0, 0.05) is 43.8 Å². The van der Waals surface area contributed by atoms with Crippen molar-refractivity contribution in [3.8, 4) is 0 Å². The second-order valence-corrected chi connectivity index (χ2v) is 6.47. The van der Waals surface area contributed by atoms with E-state index in [1.54, 1.807) is 4.68 Å². The van der Waals surface area contributed by atoms with Crippen molar-refractivity contribution in [3.63, 3.8) is 0 Å². The van der Waals surface area contributed by atoms with Gasteiger partial charge in [-0.15, -0.1) is 5.10 Å². The van der Waals surface area contributed by atoms with Gasteiger partial charge in [-0.1, -0.05) is 5.21 Å². The molecule has 0 spiro atoms. The molecule has 102 valence electrons. The normalized spacial score (nSPS) is 24.7. The van der Waals surface area contributed by atoms with Crippen LogP contribution in [0.25, 0.3) is 0 Å². The molecule has 1 aliphatic heterocycles. The summed E-state index contributed by atoms with van der Waals surface area (Å²) in [4.78, 5) is 0. The van der Waals surface area contributed by atoms with Gasteiger partial charge in [-0.3, -0.25) is 4.68 Å². The van der Waals surface area contributed by atoms with Crippen molar-refractivity contribution in [1.29, 1.82) is 0 Å². The van der Waals surface area contributed by atoms with E-state index in [9.17, 15) is 0 Å². The SMILES string of the molecule is Cn1cc(CC2(CNC(C)(C)C)CCOC2)nn1. The van der Waals surface area contributed by atoms with Gasteiger partial charge in [-0.25, -0.2) is 0 Å². The van der Waals surface area contributed by atoms with Crippen LogP contribution in [0.5, 0.6) is 0 Å². The van der Waals surface area contributed by atoms with Gasteiger partial charge < -0.3 is 10.1 Å². The number of nitrogens with one attached hydrogen (secondary N) is 1. The molecule has 5 heteroatoms. The molecule has 1 N–H and O–H groups in total. The highest BCUT2D eigenvalue weighted by molar-refractivity contribution is 5.01. The lowest BCUT2D eigenvalue weighted by Crippen LogP contribution is -2.45. The molecule has 1 aromatic rings. The Morgan fingerprint density at radius 3 is 2.78 bits per heavy atom. The van der Waals surface area contributed by atoms with E-state index in [-0.39, 0.29) is 11.0 Å². The second-order valence-electron chi connectivity index (χ2n) is 6.47. The molecule has 1 aliphatic rings. The average molecular weight is 252 g/mol. The average Bonchev–Trinajstić information content (AvgIpc) is 2.86. The summed E-state index contributed by atoms with van der Waals surface area (Å²) in [6.45, 7) is 9.21. The Hall–Kier alpha value is -0.940. The van der Waals surface area contributed by atoms with Crippen molar-refractivity contribution in [2.45, 2.75) is 39.2 Å². The molecule has 2 heterocycles. The molecule has 0 saturated carbocycles. The van der Waals surface area contributed by atoms with Crippen molar-refractivity contribution >= 4 is 0 Å². The number of nitrogens with zero attached hydrogens (tertiary/aromatic N) is 3. The fourth-order valence-electron chi connectivity index (χ4n) is 2.30. The number of aryl methyl sites for hydroxylation is 1. The fraction of sp³-hybridized carbons (Fsp3) is 0.846. The van der Waals surface area contributed by atoms with Gasteiger partial charge in [0.25, 0.3) is 0 Å². The van der Waals surface area contributed by atoms with Crippen LogP contribution in [0.4, 0.5) is 0 Å². The van der Waals surface area contributed by atoms with E-state index in [4.69, 9.17) is 4.74 Å². The highest BCUT2D eigenvalue weighted by Crippen LogP contribution is 2.32. The largest absolute Gasteiger partial charge is 0.381 e. The zero-order chi connectivity index (χ0) is 13.2. The van der Waals surface area contributed by atoms with Crippen molar-refractivity contribution in [2.75, 3.05) is 19.8 Å².